The minimum atomic E-state index is -0.259. The second-order valence-corrected chi connectivity index (χ2v) is 3.65. The van der Waals surface area contributed by atoms with Crippen molar-refractivity contribution in [3.05, 3.63) is 0 Å². The molecule has 0 radical (unpaired) electrons. The van der Waals surface area contributed by atoms with Gasteiger partial charge in [0, 0.05) is 0 Å². The number of piperidine rings is 1. The van der Waals surface area contributed by atoms with Gasteiger partial charge in [-0.2, -0.15) is 12.6 Å². The first-order valence-corrected chi connectivity index (χ1v) is 4.83. The van der Waals surface area contributed by atoms with E-state index in [1.54, 1.807) is 0 Å². The highest BCUT2D eigenvalue weighted by Crippen LogP contribution is 2.22. The first-order chi connectivity index (χ1) is 5.66. The minimum Gasteiger partial charge on any atom is -0.459 e. The fourth-order valence-electron chi connectivity index (χ4n) is 1.36. The van der Waals surface area contributed by atoms with Gasteiger partial charge in [0.05, 0.1) is 5.75 Å². The Kier molecular flexibility index (Phi) is 3.40. The van der Waals surface area contributed by atoms with Crippen molar-refractivity contribution in [3.63, 3.8) is 0 Å². The summed E-state index contributed by atoms with van der Waals surface area (Å²) in [6, 6.07) is 0. The van der Waals surface area contributed by atoms with E-state index in [4.69, 9.17) is 4.74 Å². The predicted molar refractivity (Wildman–Crippen MR) is 50.5 cm³/mol. The normalized spacial score (nSPS) is 21.8. The minimum absolute atomic E-state index is 0.170. The van der Waals surface area contributed by atoms with Crippen LogP contribution in [0, 0.1) is 0 Å². The highest BCUT2D eigenvalue weighted by molar-refractivity contribution is 7.81. The Balaban J connectivity index is 2.41. The van der Waals surface area contributed by atoms with Gasteiger partial charge in [-0.15, -0.1) is 0 Å². The van der Waals surface area contributed by atoms with Crippen LogP contribution in [0.1, 0.15) is 19.8 Å². The zero-order valence-electron chi connectivity index (χ0n) is 7.30. The molecule has 0 aromatic heterocycles. The molecule has 0 aromatic rings. The molecule has 1 aliphatic rings. The number of hydrogen-bond donors (Lipinski definition) is 2. The van der Waals surface area contributed by atoms with Crippen molar-refractivity contribution in [1.29, 1.82) is 0 Å². The highest BCUT2D eigenvalue weighted by atomic mass is 32.1. The van der Waals surface area contributed by atoms with Gasteiger partial charge in [-0.1, -0.05) is 0 Å². The van der Waals surface area contributed by atoms with Crippen LogP contribution in [0.15, 0.2) is 0 Å². The summed E-state index contributed by atoms with van der Waals surface area (Å²) in [6.45, 7) is 3.84. The Labute approximate surface area is 78.3 Å². The molecule has 0 spiro atoms. The van der Waals surface area contributed by atoms with Crippen LogP contribution in [0.5, 0.6) is 0 Å². The van der Waals surface area contributed by atoms with Gasteiger partial charge in [0.2, 0.25) is 0 Å². The van der Waals surface area contributed by atoms with Crippen LogP contribution >= 0.6 is 12.6 Å². The van der Waals surface area contributed by atoms with Crippen molar-refractivity contribution in [1.82, 2.24) is 5.32 Å². The molecule has 1 saturated heterocycles. The molecule has 1 rings (SSSR count). The zero-order valence-corrected chi connectivity index (χ0v) is 8.19. The summed E-state index contributed by atoms with van der Waals surface area (Å²) in [7, 11) is 0. The molecule has 12 heavy (non-hydrogen) atoms. The number of hydrogen-bond acceptors (Lipinski definition) is 4. The van der Waals surface area contributed by atoms with Crippen molar-refractivity contribution in [2.75, 3.05) is 18.8 Å². The van der Waals surface area contributed by atoms with E-state index in [0.717, 1.165) is 25.9 Å². The summed E-state index contributed by atoms with van der Waals surface area (Å²) in [4.78, 5) is 11.0. The van der Waals surface area contributed by atoms with Crippen molar-refractivity contribution < 1.29 is 9.53 Å². The third kappa shape index (κ3) is 2.68. The largest absolute Gasteiger partial charge is 0.459 e. The number of esters is 1. The standard InChI is InChI=1S/C8H15NO2S/c1-8(11-7(10)6-12)2-4-9-5-3-8/h9,12H,2-6H2,1H3. The molecule has 0 unspecified atom stereocenters. The summed E-state index contributed by atoms with van der Waals surface area (Å²) in [5, 5.41) is 3.22. The lowest BCUT2D eigenvalue weighted by atomic mass is 9.95. The molecule has 0 saturated carbocycles. The Morgan fingerprint density at radius 2 is 2.17 bits per heavy atom. The van der Waals surface area contributed by atoms with Crippen LogP contribution in [0.3, 0.4) is 0 Å². The van der Waals surface area contributed by atoms with Crippen molar-refractivity contribution in [2.45, 2.75) is 25.4 Å². The van der Waals surface area contributed by atoms with E-state index in [9.17, 15) is 4.79 Å². The van der Waals surface area contributed by atoms with Crippen molar-refractivity contribution >= 4 is 18.6 Å². The molecule has 1 aliphatic heterocycles. The van der Waals surface area contributed by atoms with E-state index in [2.05, 4.69) is 17.9 Å². The lowest BCUT2D eigenvalue weighted by Crippen LogP contribution is -2.43. The fraction of sp³-hybridized carbons (Fsp3) is 0.875. The van der Waals surface area contributed by atoms with Crippen LogP contribution in [-0.4, -0.2) is 30.4 Å². The van der Waals surface area contributed by atoms with Crippen LogP contribution < -0.4 is 5.32 Å². The molecule has 1 N–H and O–H groups in total. The maximum atomic E-state index is 11.0. The molecule has 1 fully saturated rings. The quantitative estimate of drug-likeness (QED) is 0.493. The molecular weight excluding hydrogens is 174 g/mol. The van der Waals surface area contributed by atoms with Crippen LogP contribution in [-0.2, 0) is 9.53 Å². The number of carbonyl (C=O) groups excluding carboxylic acids is 1. The third-order valence-corrected chi connectivity index (χ3v) is 2.41. The smallest absolute Gasteiger partial charge is 0.316 e. The van der Waals surface area contributed by atoms with Crippen molar-refractivity contribution in [2.24, 2.45) is 0 Å². The molecule has 4 heteroatoms. The SMILES string of the molecule is CC1(OC(=O)CS)CCNCC1. The van der Waals surface area contributed by atoms with Gasteiger partial charge in [-0.3, -0.25) is 4.79 Å². The zero-order chi connectivity index (χ0) is 9.03. The number of nitrogens with one attached hydrogen (secondary N) is 1. The number of thiol groups is 1. The maximum Gasteiger partial charge on any atom is 0.316 e. The van der Waals surface area contributed by atoms with Gasteiger partial charge >= 0.3 is 5.97 Å². The van der Waals surface area contributed by atoms with Gasteiger partial charge in [0.25, 0.3) is 0 Å². The van der Waals surface area contributed by atoms with Gasteiger partial charge in [0.15, 0.2) is 0 Å². The van der Waals surface area contributed by atoms with E-state index in [1.165, 1.54) is 0 Å². The molecule has 0 aromatic carbocycles. The Morgan fingerprint density at radius 3 is 2.67 bits per heavy atom. The summed E-state index contributed by atoms with van der Waals surface area (Å²) in [6.07, 6.45) is 1.79. The molecule has 1 heterocycles. The van der Waals surface area contributed by atoms with Gasteiger partial charge in [-0.25, -0.2) is 0 Å². The summed E-state index contributed by atoms with van der Waals surface area (Å²) >= 11 is 3.86. The summed E-state index contributed by atoms with van der Waals surface area (Å²) < 4.78 is 5.27. The van der Waals surface area contributed by atoms with Gasteiger partial charge < -0.3 is 10.1 Å². The highest BCUT2D eigenvalue weighted by Gasteiger charge is 2.29. The van der Waals surface area contributed by atoms with E-state index in [0.29, 0.717) is 0 Å². The number of carbonyl (C=O) groups is 1. The maximum absolute atomic E-state index is 11.0. The van der Waals surface area contributed by atoms with E-state index in [1.807, 2.05) is 6.92 Å². The Morgan fingerprint density at radius 1 is 1.58 bits per heavy atom. The summed E-state index contributed by atoms with van der Waals surface area (Å²) in [5.74, 6) is -0.0500. The molecule has 70 valence electrons. The third-order valence-electron chi connectivity index (χ3n) is 2.15. The molecular formula is C8H15NO2S. The van der Waals surface area contributed by atoms with E-state index >= 15 is 0 Å². The molecule has 0 atom stereocenters. The lowest BCUT2D eigenvalue weighted by Gasteiger charge is -2.33. The summed E-state index contributed by atoms with van der Waals surface area (Å²) in [5.41, 5.74) is -0.259. The number of rotatable bonds is 2. The van der Waals surface area contributed by atoms with Crippen molar-refractivity contribution in [3.8, 4) is 0 Å². The fourth-order valence-corrected chi connectivity index (χ4v) is 1.43. The average Bonchev–Trinajstić information content (AvgIpc) is 2.05. The number of ether oxygens (including phenoxy) is 1. The topological polar surface area (TPSA) is 38.3 Å². The molecule has 0 bridgehead atoms. The van der Waals surface area contributed by atoms with Gasteiger partial charge in [0.1, 0.15) is 5.60 Å². The monoisotopic (exact) mass is 189 g/mol. The predicted octanol–water partition coefficient (Wildman–Crippen LogP) is 0.601. The lowest BCUT2D eigenvalue weighted by molar-refractivity contribution is -0.156. The van der Waals surface area contributed by atoms with Crippen LogP contribution in [0.2, 0.25) is 0 Å². The first-order valence-electron chi connectivity index (χ1n) is 4.20. The van der Waals surface area contributed by atoms with Crippen LogP contribution in [0.25, 0.3) is 0 Å². The van der Waals surface area contributed by atoms with E-state index < -0.39 is 0 Å². The molecule has 0 aliphatic carbocycles. The second kappa shape index (κ2) is 4.14. The second-order valence-electron chi connectivity index (χ2n) is 3.33. The Hall–Kier alpha value is -0.220. The van der Waals surface area contributed by atoms with E-state index in [-0.39, 0.29) is 17.3 Å². The molecule has 3 nitrogen and oxygen atoms in total. The average molecular weight is 189 g/mol. The first kappa shape index (κ1) is 9.86. The van der Waals surface area contributed by atoms with Crippen LogP contribution in [0.4, 0.5) is 0 Å². The molecule has 0 amide bonds. The van der Waals surface area contributed by atoms with Gasteiger partial charge in [-0.05, 0) is 32.9 Å². The Bertz CT molecular complexity index is 166.